The second kappa shape index (κ2) is 11.4. The first-order chi connectivity index (χ1) is 9.98. The third-order valence-electron chi connectivity index (χ3n) is 3.71. The minimum atomic E-state index is -0.883. The Labute approximate surface area is 128 Å². The van der Waals surface area contributed by atoms with Crippen molar-refractivity contribution in [1.82, 2.24) is 15.1 Å². The van der Waals surface area contributed by atoms with Crippen LogP contribution in [0.1, 0.15) is 47.0 Å². The zero-order valence-corrected chi connectivity index (χ0v) is 13.9. The summed E-state index contributed by atoms with van der Waals surface area (Å²) < 4.78 is 0. The van der Waals surface area contributed by atoms with Gasteiger partial charge in [-0.15, -0.1) is 0 Å². The van der Waals surface area contributed by atoms with E-state index >= 15 is 0 Å². The number of urea groups is 1. The molecule has 0 bridgehead atoms. The summed E-state index contributed by atoms with van der Waals surface area (Å²) in [5.74, 6) is -0.883. The van der Waals surface area contributed by atoms with Crippen LogP contribution in [0.25, 0.3) is 0 Å². The molecule has 0 saturated heterocycles. The Balaban J connectivity index is 4.25. The van der Waals surface area contributed by atoms with E-state index in [2.05, 4.69) is 24.1 Å². The number of carbonyl (C=O) groups is 2. The van der Waals surface area contributed by atoms with Gasteiger partial charge < -0.3 is 20.2 Å². The van der Waals surface area contributed by atoms with Crippen LogP contribution in [0.5, 0.6) is 0 Å². The summed E-state index contributed by atoms with van der Waals surface area (Å²) in [5, 5.41) is 11.6. The number of carboxylic acid groups (broad SMARTS) is 1. The topological polar surface area (TPSA) is 72.9 Å². The number of carbonyl (C=O) groups excluding carboxylic acids is 1. The molecule has 0 aliphatic heterocycles. The molecule has 2 N–H and O–H groups in total. The molecule has 0 saturated carbocycles. The summed E-state index contributed by atoms with van der Waals surface area (Å²) in [7, 11) is 0. The molecule has 124 valence electrons. The van der Waals surface area contributed by atoms with Crippen molar-refractivity contribution in [3.05, 3.63) is 0 Å². The number of rotatable bonds is 11. The zero-order valence-electron chi connectivity index (χ0n) is 13.9. The molecule has 6 nitrogen and oxygen atoms in total. The molecule has 0 heterocycles. The van der Waals surface area contributed by atoms with Gasteiger partial charge in [-0.05, 0) is 39.4 Å². The molecule has 0 aromatic carbocycles. The van der Waals surface area contributed by atoms with Crippen molar-refractivity contribution in [2.24, 2.45) is 0 Å². The van der Waals surface area contributed by atoms with Crippen LogP contribution in [0.15, 0.2) is 0 Å². The minimum absolute atomic E-state index is 0.0285. The highest BCUT2D eigenvalue weighted by molar-refractivity contribution is 5.75. The zero-order chi connectivity index (χ0) is 16.3. The van der Waals surface area contributed by atoms with Crippen molar-refractivity contribution in [3.63, 3.8) is 0 Å². The average Bonchev–Trinajstić information content (AvgIpc) is 2.46. The molecular formula is C15H31N3O3. The molecule has 2 amide bonds. The Kier molecular flexibility index (Phi) is 10.7. The van der Waals surface area contributed by atoms with Gasteiger partial charge >= 0.3 is 12.0 Å². The molecule has 0 radical (unpaired) electrons. The molecule has 0 aromatic rings. The quantitative estimate of drug-likeness (QED) is 0.612. The lowest BCUT2D eigenvalue weighted by Crippen LogP contribution is -2.46. The standard InChI is InChI=1S/C15H31N3O3/c1-5-13(12-14(19)20)16-15(21)18(8-4)11-9-10-17(6-2)7-3/h13H,5-12H2,1-4H3,(H,16,21)(H,19,20). The maximum absolute atomic E-state index is 12.1. The van der Waals surface area contributed by atoms with Gasteiger partial charge in [0.1, 0.15) is 0 Å². The van der Waals surface area contributed by atoms with E-state index in [-0.39, 0.29) is 18.5 Å². The average molecular weight is 301 g/mol. The van der Waals surface area contributed by atoms with Gasteiger partial charge in [-0.3, -0.25) is 4.79 Å². The first kappa shape index (κ1) is 19.7. The number of amides is 2. The summed E-state index contributed by atoms with van der Waals surface area (Å²) in [6.07, 6.45) is 1.52. The van der Waals surface area contributed by atoms with E-state index in [0.717, 1.165) is 26.1 Å². The Bertz CT molecular complexity index is 307. The van der Waals surface area contributed by atoms with Gasteiger partial charge in [0, 0.05) is 19.1 Å². The second-order valence-corrected chi connectivity index (χ2v) is 5.11. The highest BCUT2D eigenvalue weighted by Gasteiger charge is 2.17. The van der Waals surface area contributed by atoms with Crippen LogP contribution < -0.4 is 5.32 Å². The van der Waals surface area contributed by atoms with Crippen LogP contribution in [0, 0.1) is 0 Å². The van der Waals surface area contributed by atoms with E-state index in [1.807, 2.05) is 13.8 Å². The first-order valence-corrected chi connectivity index (χ1v) is 7.97. The highest BCUT2D eigenvalue weighted by Crippen LogP contribution is 2.01. The van der Waals surface area contributed by atoms with Crippen molar-refractivity contribution in [1.29, 1.82) is 0 Å². The molecule has 0 fully saturated rings. The van der Waals surface area contributed by atoms with Gasteiger partial charge in [0.05, 0.1) is 6.42 Å². The lowest BCUT2D eigenvalue weighted by molar-refractivity contribution is -0.137. The van der Waals surface area contributed by atoms with E-state index in [9.17, 15) is 9.59 Å². The van der Waals surface area contributed by atoms with Gasteiger partial charge in [-0.25, -0.2) is 4.79 Å². The SMILES string of the molecule is CCC(CC(=O)O)NC(=O)N(CC)CCCN(CC)CC. The number of nitrogens with zero attached hydrogens (tertiary/aromatic N) is 2. The van der Waals surface area contributed by atoms with Crippen molar-refractivity contribution >= 4 is 12.0 Å². The van der Waals surface area contributed by atoms with E-state index < -0.39 is 5.97 Å². The number of nitrogens with one attached hydrogen (secondary N) is 1. The van der Waals surface area contributed by atoms with E-state index in [1.54, 1.807) is 4.90 Å². The third-order valence-corrected chi connectivity index (χ3v) is 3.71. The Morgan fingerprint density at radius 1 is 1.05 bits per heavy atom. The first-order valence-electron chi connectivity index (χ1n) is 7.97. The molecule has 0 spiro atoms. The van der Waals surface area contributed by atoms with Gasteiger partial charge in [-0.1, -0.05) is 20.8 Å². The van der Waals surface area contributed by atoms with Gasteiger partial charge in [-0.2, -0.15) is 0 Å². The number of carboxylic acids is 1. The normalized spacial score (nSPS) is 12.2. The molecule has 1 atom stereocenters. The Hall–Kier alpha value is -1.30. The van der Waals surface area contributed by atoms with Crippen LogP contribution in [-0.4, -0.2) is 65.7 Å². The van der Waals surface area contributed by atoms with E-state index in [0.29, 0.717) is 19.5 Å². The fraction of sp³-hybridized carbons (Fsp3) is 0.867. The van der Waals surface area contributed by atoms with E-state index in [4.69, 9.17) is 5.11 Å². The summed E-state index contributed by atoms with van der Waals surface area (Å²) in [5.41, 5.74) is 0. The summed E-state index contributed by atoms with van der Waals surface area (Å²) in [6.45, 7) is 12.4. The van der Waals surface area contributed by atoms with Crippen molar-refractivity contribution in [3.8, 4) is 0 Å². The smallest absolute Gasteiger partial charge is 0.317 e. The van der Waals surface area contributed by atoms with Gasteiger partial charge in [0.2, 0.25) is 0 Å². The van der Waals surface area contributed by atoms with Gasteiger partial charge in [0.15, 0.2) is 0 Å². The maximum atomic E-state index is 12.1. The van der Waals surface area contributed by atoms with Crippen LogP contribution >= 0.6 is 0 Å². The van der Waals surface area contributed by atoms with Crippen LogP contribution in [0.3, 0.4) is 0 Å². The largest absolute Gasteiger partial charge is 0.481 e. The summed E-state index contributed by atoms with van der Waals surface area (Å²) in [6, 6.07) is -0.461. The molecular weight excluding hydrogens is 270 g/mol. The summed E-state index contributed by atoms with van der Waals surface area (Å²) in [4.78, 5) is 26.9. The molecule has 6 heteroatoms. The number of aliphatic carboxylic acids is 1. The fourth-order valence-corrected chi connectivity index (χ4v) is 2.20. The lowest BCUT2D eigenvalue weighted by atomic mass is 10.1. The molecule has 0 aliphatic rings. The highest BCUT2D eigenvalue weighted by atomic mass is 16.4. The molecule has 0 rings (SSSR count). The summed E-state index contributed by atoms with van der Waals surface area (Å²) >= 11 is 0. The lowest BCUT2D eigenvalue weighted by Gasteiger charge is -2.26. The van der Waals surface area contributed by atoms with Gasteiger partial charge in [0.25, 0.3) is 0 Å². The fourth-order valence-electron chi connectivity index (χ4n) is 2.20. The van der Waals surface area contributed by atoms with Crippen molar-refractivity contribution in [2.45, 2.75) is 53.0 Å². The maximum Gasteiger partial charge on any atom is 0.317 e. The molecule has 1 unspecified atom stereocenters. The van der Waals surface area contributed by atoms with E-state index in [1.165, 1.54) is 0 Å². The third kappa shape index (κ3) is 8.55. The molecule has 0 aliphatic carbocycles. The van der Waals surface area contributed by atoms with Crippen molar-refractivity contribution < 1.29 is 14.7 Å². The number of hydrogen-bond donors (Lipinski definition) is 2. The second-order valence-electron chi connectivity index (χ2n) is 5.11. The Morgan fingerprint density at radius 2 is 1.67 bits per heavy atom. The predicted molar refractivity (Wildman–Crippen MR) is 84.5 cm³/mol. The van der Waals surface area contributed by atoms with Crippen LogP contribution in [-0.2, 0) is 4.79 Å². The van der Waals surface area contributed by atoms with Crippen LogP contribution in [0.4, 0.5) is 4.79 Å². The number of hydrogen-bond acceptors (Lipinski definition) is 3. The molecule has 21 heavy (non-hydrogen) atoms. The monoisotopic (exact) mass is 301 g/mol. The predicted octanol–water partition coefficient (Wildman–Crippen LogP) is 2.00. The van der Waals surface area contributed by atoms with Crippen molar-refractivity contribution in [2.75, 3.05) is 32.7 Å². The Morgan fingerprint density at radius 3 is 2.10 bits per heavy atom. The molecule has 0 aromatic heterocycles. The van der Waals surface area contributed by atoms with Crippen LogP contribution in [0.2, 0.25) is 0 Å². The minimum Gasteiger partial charge on any atom is -0.481 e.